The predicted molar refractivity (Wildman–Crippen MR) is 76.3 cm³/mol. The van der Waals surface area contributed by atoms with Gasteiger partial charge in [-0.2, -0.15) is 0 Å². The molecule has 2 unspecified atom stereocenters. The molecule has 1 aliphatic carbocycles. The van der Waals surface area contributed by atoms with Crippen molar-refractivity contribution < 1.29 is 9.53 Å². The third-order valence-corrected chi connectivity index (χ3v) is 4.37. The second-order valence-electron chi connectivity index (χ2n) is 5.54. The Kier molecular flexibility index (Phi) is 3.74. The highest BCUT2D eigenvalue weighted by Gasteiger charge is 2.49. The second-order valence-corrected chi connectivity index (χ2v) is 5.95. The van der Waals surface area contributed by atoms with Gasteiger partial charge in [-0.15, -0.1) is 0 Å². The SMILES string of the molecule is COC1CC(NC(=O)c2ccc(Cl)c(N)c2)C1(C)C. The van der Waals surface area contributed by atoms with E-state index in [1.165, 1.54) is 0 Å². The van der Waals surface area contributed by atoms with Gasteiger partial charge in [0.2, 0.25) is 0 Å². The van der Waals surface area contributed by atoms with Gasteiger partial charge < -0.3 is 15.8 Å². The summed E-state index contributed by atoms with van der Waals surface area (Å²) < 4.78 is 5.37. The number of nitrogens with two attached hydrogens (primary N) is 1. The van der Waals surface area contributed by atoms with E-state index in [9.17, 15) is 4.79 Å². The summed E-state index contributed by atoms with van der Waals surface area (Å²) in [6.45, 7) is 4.18. The van der Waals surface area contributed by atoms with E-state index in [0.29, 0.717) is 16.3 Å². The number of carbonyl (C=O) groups excluding carboxylic acids is 1. The summed E-state index contributed by atoms with van der Waals surface area (Å²) in [5.41, 5.74) is 6.59. The molecule has 1 aromatic carbocycles. The lowest BCUT2D eigenvalue weighted by atomic mass is 9.64. The maximum atomic E-state index is 12.1. The molecule has 1 aliphatic rings. The highest BCUT2D eigenvalue weighted by atomic mass is 35.5. The van der Waals surface area contributed by atoms with Crippen molar-refractivity contribution >= 4 is 23.2 Å². The van der Waals surface area contributed by atoms with Crippen LogP contribution in [0.1, 0.15) is 30.6 Å². The third-order valence-electron chi connectivity index (χ3n) is 4.03. The van der Waals surface area contributed by atoms with Gasteiger partial charge in [-0.1, -0.05) is 25.4 Å². The molecule has 1 aromatic rings. The van der Waals surface area contributed by atoms with Crippen LogP contribution < -0.4 is 11.1 Å². The molecule has 0 aliphatic heterocycles. The maximum Gasteiger partial charge on any atom is 0.251 e. The molecule has 0 aromatic heterocycles. The van der Waals surface area contributed by atoms with Crippen molar-refractivity contribution in [2.45, 2.75) is 32.4 Å². The Bertz CT molecular complexity index is 502. The van der Waals surface area contributed by atoms with Gasteiger partial charge in [-0.3, -0.25) is 4.79 Å². The van der Waals surface area contributed by atoms with Crippen LogP contribution in [0.3, 0.4) is 0 Å². The molecule has 0 radical (unpaired) electrons. The predicted octanol–water partition coefficient (Wildman–Crippen LogP) is 2.47. The van der Waals surface area contributed by atoms with Crippen molar-refractivity contribution in [3.05, 3.63) is 28.8 Å². The highest BCUT2D eigenvalue weighted by Crippen LogP contribution is 2.42. The number of carbonyl (C=O) groups is 1. The maximum absolute atomic E-state index is 12.1. The van der Waals surface area contributed by atoms with Gasteiger partial charge in [0.1, 0.15) is 0 Å². The summed E-state index contributed by atoms with van der Waals surface area (Å²) in [7, 11) is 1.70. The second kappa shape index (κ2) is 5.02. The first-order chi connectivity index (χ1) is 8.86. The van der Waals surface area contributed by atoms with Gasteiger partial charge in [0.15, 0.2) is 0 Å². The Morgan fingerprint density at radius 1 is 1.53 bits per heavy atom. The molecule has 1 fully saturated rings. The first kappa shape index (κ1) is 14.2. The molecule has 0 bridgehead atoms. The largest absolute Gasteiger partial charge is 0.398 e. The number of benzene rings is 1. The van der Waals surface area contributed by atoms with Crippen LogP contribution in [0.25, 0.3) is 0 Å². The number of amides is 1. The normalized spacial score (nSPS) is 24.6. The van der Waals surface area contributed by atoms with E-state index in [0.717, 1.165) is 6.42 Å². The molecule has 0 heterocycles. The zero-order valence-corrected chi connectivity index (χ0v) is 12.1. The van der Waals surface area contributed by atoms with Crippen LogP contribution >= 0.6 is 11.6 Å². The van der Waals surface area contributed by atoms with E-state index in [1.807, 2.05) is 0 Å². The topological polar surface area (TPSA) is 64.3 Å². The zero-order valence-electron chi connectivity index (χ0n) is 11.4. The number of hydrogen-bond donors (Lipinski definition) is 2. The van der Waals surface area contributed by atoms with E-state index in [-0.39, 0.29) is 23.5 Å². The molecular weight excluding hydrogens is 264 g/mol. The molecule has 2 atom stereocenters. The quantitative estimate of drug-likeness (QED) is 0.837. The number of nitrogen functional groups attached to an aromatic ring is 1. The molecule has 4 nitrogen and oxygen atoms in total. The molecule has 0 saturated heterocycles. The van der Waals surface area contributed by atoms with Gasteiger partial charge in [0, 0.05) is 24.1 Å². The van der Waals surface area contributed by atoms with E-state index in [2.05, 4.69) is 19.2 Å². The van der Waals surface area contributed by atoms with Crippen LogP contribution in [0, 0.1) is 5.41 Å². The molecule has 19 heavy (non-hydrogen) atoms. The fraction of sp³-hybridized carbons (Fsp3) is 0.500. The number of rotatable bonds is 3. The lowest BCUT2D eigenvalue weighted by molar-refractivity contribution is -0.0942. The number of ether oxygens (including phenoxy) is 1. The summed E-state index contributed by atoms with van der Waals surface area (Å²) in [5, 5.41) is 3.47. The summed E-state index contributed by atoms with van der Waals surface area (Å²) in [6.07, 6.45) is 1.02. The number of methoxy groups -OCH3 is 1. The van der Waals surface area contributed by atoms with Crippen LogP contribution in [0.5, 0.6) is 0 Å². The molecule has 1 amide bonds. The molecule has 5 heteroatoms. The minimum Gasteiger partial charge on any atom is -0.398 e. The highest BCUT2D eigenvalue weighted by molar-refractivity contribution is 6.33. The summed E-state index contributed by atoms with van der Waals surface area (Å²) >= 11 is 5.84. The van der Waals surface area contributed by atoms with Crippen molar-refractivity contribution in [1.82, 2.24) is 5.32 Å². The van der Waals surface area contributed by atoms with Crippen molar-refractivity contribution in [2.24, 2.45) is 5.41 Å². The minimum atomic E-state index is -0.129. The molecule has 0 spiro atoms. The average Bonchev–Trinajstić information content (AvgIpc) is 2.36. The summed E-state index contributed by atoms with van der Waals surface area (Å²) in [6, 6.07) is 5.02. The van der Waals surface area contributed by atoms with Gasteiger partial charge in [0.05, 0.1) is 16.8 Å². The Morgan fingerprint density at radius 2 is 2.21 bits per heavy atom. The van der Waals surface area contributed by atoms with Crippen LogP contribution in [0.4, 0.5) is 5.69 Å². The lowest BCUT2D eigenvalue weighted by Gasteiger charge is -2.51. The van der Waals surface area contributed by atoms with Crippen LogP contribution in [-0.4, -0.2) is 25.2 Å². The zero-order chi connectivity index (χ0) is 14.2. The van der Waals surface area contributed by atoms with Gasteiger partial charge >= 0.3 is 0 Å². The van der Waals surface area contributed by atoms with Crippen LogP contribution in [0.2, 0.25) is 5.02 Å². The molecule has 3 N–H and O–H groups in total. The fourth-order valence-corrected chi connectivity index (χ4v) is 2.57. The fourth-order valence-electron chi connectivity index (χ4n) is 2.46. The van der Waals surface area contributed by atoms with Crippen molar-refractivity contribution in [3.8, 4) is 0 Å². The van der Waals surface area contributed by atoms with Gasteiger partial charge in [0.25, 0.3) is 5.91 Å². The van der Waals surface area contributed by atoms with E-state index < -0.39 is 0 Å². The third kappa shape index (κ3) is 2.55. The Balaban J connectivity index is 2.04. The monoisotopic (exact) mass is 282 g/mol. The van der Waals surface area contributed by atoms with Gasteiger partial charge in [-0.25, -0.2) is 0 Å². The number of hydrogen-bond acceptors (Lipinski definition) is 3. The molecule has 104 valence electrons. The molecule has 1 saturated carbocycles. The number of anilines is 1. The van der Waals surface area contributed by atoms with Crippen LogP contribution in [0.15, 0.2) is 18.2 Å². The first-order valence-corrected chi connectivity index (χ1v) is 6.62. The van der Waals surface area contributed by atoms with E-state index in [4.69, 9.17) is 22.1 Å². The molecular formula is C14H19ClN2O2. The average molecular weight is 283 g/mol. The Morgan fingerprint density at radius 3 is 2.74 bits per heavy atom. The Hall–Kier alpha value is -1.26. The van der Waals surface area contributed by atoms with Crippen molar-refractivity contribution in [3.63, 3.8) is 0 Å². The Labute approximate surface area is 118 Å². The molecule has 2 rings (SSSR count). The number of nitrogens with one attached hydrogen (secondary N) is 1. The van der Waals surface area contributed by atoms with E-state index in [1.54, 1.807) is 25.3 Å². The minimum absolute atomic E-state index is 0.0532. The van der Waals surface area contributed by atoms with E-state index >= 15 is 0 Å². The lowest BCUT2D eigenvalue weighted by Crippen LogP contribution is -2.61. The standard InChI is InChI=1S/C14H19ClN2O2/c1-14(2)11(7-12(14)19-3)17-13(18)8-4-5-9(15)10(16)6-8/h4-6,11-12H,7,16H2,1-3H3,(H,17,18). The first-order valence-electron chi connectivity index (χ1n) is 6.25. The summed E-state index contributed by atoms with van der Waals surface area (Å²) in [5.74, 6) is -0.129. The smallest absolute Gasteiger partial charge is 0.251 e. The summed E-state index contributed by atoms with van der Waals surface area (Å²) in [4.78, 5) is 12.1. The number of halogens is 1. The van der Waals surface area contributed by atoms with Crippen molar-refractivity contribution in [2.75, 3.05) is 12.8 Å². The van der Waals surface area contributed by atoms with Crippen LogP contribution in [-0.2, 0) is 4.74 Å². The van der Waals surface area contributed by atoms with Crippen molar-refractivity contribution in [1.29, 1.82) is 0 Å². The van der Waals surface area contributed by atoms with Gasteiger partial charge in [-0.05, 0) is 24.6 Å².